The zero-order chi connectivity index (χ0) is 38.3. The Bertz CT molecular complexity index is 2770. The molecule has 9 aromatic rings. The summed E-state index contributed by atoms with van der Waals surface area (Å²) in [5.41, 5.74) is 19.8. The largest absolute Gasteiger partial charge is 0.228 e. The Morgan fingerprint density at radius 3 is 1.30 bits per heavy atom. The Kier molecular flexibility index (Phi) is 8.53. The molecule has 0 N–H and O–H groups in total. The van der Waals surface area contributed by atoms with Crippen LogP contribution in [0.15, 0.2) is 206 Å². The molecule has 1 aromatic heterocycles. The van der Waals surface area contributed by atoms with E-state index in [1.54, 1.807) is 0 Å². The molecule has 0 amide bonds. The van der Waals surface area contributed by atoms with Gasteiger partial charge in [0, 0.05) is 22.1 Å². The minimum absolute atomic E-state index is 0.0726. The van der Waals surface area contributed by atoms with E-state index in [4.69, 9.17) is 9.97 Å². The van der Waals surface area contributed by atoms with Crippen LogP contribution in [-0.2, 0) is 5.41 Å². The van der Waals surface area contributed by atoms with Crippen molar-refractivity contribution in [1.29, 1.82) is 0 Å². The Morgan fingerprint density at radius 2 is 0.702 bits per heavy atom. The van der Waals surface area contributed by atoms with E-state index >= 15 is 0 Å². The molecule has 0 bridgehead atoms. The first-order valence-electron chi connectivity index (χ1n) is 19.6. The minimum Gasteiger partial charge on any atom is -0.228 e. The summed E-state index contributed by atoms with van der Waals surface area (Å²) in [6.45, 7) is 4.70. The van der Waals surface area contributed by atoms with Gasteiger partial charge in [-0.15, -0.1) is 0 Å². The Hall–Kier alpha value is -7.16. The van der Waals surface area contributed by atoms with E-state index < -0.39 is 0 Å². The van der Waals surface area contributed by atoms with Gasteiger partial charge in [-0.3, -0.25) is 0 Å². The van der Waals surface area contributed by atoms with E-state index in [0.29, 0.717) is 5.82 Å². The Labute approximate surface area is 334 Å². The van der Waals surface area contributed by atoms with E-state index in [-0.39, 0.29) is 5.41 Å². The van der Waals surface area contributed by atoms with Crippen molar-refractivity contribution >= 4 is 0 Å². The number of aromatic nitrogens is 2. The summed E-state index contributed by atoms with van der Waals surface area (Å²) >= 11 is 0. The number of benzene rings is 8. The van der Waals surface area contributed by atoms with E-state index in [9.17, 15) is 0 Å². The van der Waals surface area contributed by atoms with Crippen LogP contribution < -0.4 is 0 Å². The van der Waals surface area contributed by atoms with Gasteiger partial charge in [0.2, 0.25) is 0 Å². The van der Waals surface area contributed by atoms with Crippen molar-refractivity contribution in [3.63, 3.8) is 0 Å². The molecule has 1 aliphatic carbocycles. The fraction of sp³-hybridized carbons (Fsp3) is 0.0545. The molecule has 0 unspecified atom stereocenters. The van der Waals surface area contributed by atoms with Crippen LogP contribution in [-0.4, -0.2) is 9.97 Å². The maximum Gasteiger partial charge on any atom is 0.160 e. The van der Waals surface area contributed by atoms with Gasteiger partial charge in [0.25, 0.3) is 0 Å². The lowest BCUT2D eigenvalue weighted by Crippen LogP contribution is -2.16. The highest BCUT2D eigenvalue weighted by atomic mass is 14.9. The molecule has 8 aromatic carbocycles. The van der Waals surface area contributed by atoms with Crippen molar-refractivity contribution in [3.05, 3.63) is 217 Å². The first kappa shape index (κ1) is 34.3. The fourth-order valence-corrected chi connectivity index (χ4v) is 8.57. The van der Waals surface area contributed by atoms with E-state index in [0.717, 1.165) is 39.2 Å². The molecule has 270 valence electrons. The second-order valence-corrected chi connectivity index (χ2v) is 15.4. The molecule has 1 heterocycles. The molecule has 0 saturated heterocycles. The first-order valence-corrected chi connectivity index (χ1v) is 19.6. The van der Waals surface area contributed by atoms with Gasteiger partial charge in [0.1, 0.15) is 0 Å². The fourth-order valence-electron chi connectivity index (χ4n) is 8.57. The predicted molar refractivity (Wildman–Crippen MR) is 238 cm³/mol. The quantitative estimate of drug-likeness (QED) is 0.163. The Morgan fingerprint density at radius 1 is 0.298 bits per heavy atom. The van der Waals surface area contributed by atoms with Crippen LogP contribution in [0.25, 0.3) is 89.5 Å². The summed E-state index contributed by atoms with van der Waals surface area (Å²) in [7, 11) is 0. The molecule has 2 nitrogen and oxygen atoms in total. The third kappa shape index (κ3) is 6.36. The highest BCUT2D eigenvalue weighted by molar-refractivity contribution is 5.88. The number of rotatable bonds is 7. The van der Waals surface area contributed by atoms with Crippen molar-refractivity contribution in [2.24, 2.45) is 0 Å². The maximum absolute atomic E-state index is 5.21. The molecule has 57 heavy (non-hydrogen) atoms. The number of hydrogen-bond acceptors (Lipinski definition) is 2. The molecular formula is C55H40N2. The lowest BCUT2D eigenvalue weighted by Gasteiger charge is -2.24. The van der Waals surface area contributed by atoms with Gasteiger partial charge in [0.15, 0.2) is 5.82 Å². The van der Waals surface area contributed by atoms with Gasteiger partial charge in [-0.2, -0.15) is 0 Å². The summed E-state index contributed by atoms with van der Waals surface area (Å²) in [5.74, 6) is 0.696. The third-order valence-corrected chi connectivity index (χ3v) is 11.5. The van der Waals surface area contributed by atoms with Crippen LogP contribution in [0.4, 0.5) is 0 Å². The van der Waals surface area contributed by atoms with E-state index in [1.165, 1.54) is 55.6 Å². The molecule has 0 radical (unpaired) electrons. The molecule has 1 aliphatic rings. The van der Waals surface area contributed by atoms with Crippen LogP contribution in [0.3, 0.4) is 0 Å². The average Bonchev–Trinajstić information content (AvgIpc) is 3.53. The maximum atomic E-state index is 5.21. The zero-order valence-corrected chi connectivity index (χ0v) is 32.0. The second-order valence-electron chi connectivity index (χ2n) is 15.4. The monoisotopic (exact) mass is 728 g/mol. The minimum atomic E-state index is -0.0726. The summed E-state index contributed by atoms with van der Waals surface area (Å²) in [5, 5.41) is 0. The molecule has 2 heteroatoms. The third-order valence-electron chi connectivity index (χ3n) is 11.5. The topological polar surface area (TPSA) is 25.8 Å². The summed E-state index contributed by atoms with van der Waals surface area (Å²) in [6.07, 6.45) is 0. The first-order chi connectivity index (χ1) is 28.0. The van der Waals surface area contributed by atoms with Gasteiger partial charge >= 0.3 is 0 Å². The SMILES string of the molecule is CC1(C)c2ccccc2-c2cccc(-c3ccc(-c4cccc(-c5nc(-c6ccc(-c7ccccc7)cc6)cc(-c6ccc(-c7ccccc7)cc6)n5)c4)cc3)c21. The molecule has 0 fully saturated rings. The van der Waals surface area contributed by atoms with Crippen molar-refractivity contribution in [3.8, 4) is 89.5 Å². The van der Waals surface area contributed by atoms with Crippen LogP contribution in [0.5, 0.6) is 0 Å². The number of nitrogens with zero attached hydrogens (tertiary/aromatic N) is 2. The van der Waals surface area contributed by atoms with E-state index in [1.807, 2.05) is 12.1 Å². The lowest BCUT2D eigenvalue weighted by atomic mass is 9.79. The molecular weight excluding hydrogens is 689 g/mol. The van der Waals surface area contributed by atoms with Crippen molar-refractivity contribution in [2.45, 2.75) is 19.3 Å². The zero-order valence-electron chi connectivity index (χ0n) is 32.0. The van der Waals surface area contributed by atoms with Crippen LogP contribution in [0.2, 0.25) is 0 Å². The second kappa shape index (κ2) is 14.2. The van der Waals surface area contributed by atoms with E-state index in [2.05, 4.69) is 208 Å². The van der Waals surface area contributed by atoms with Crippen molar-refractivity contribution in [2.75, 3.05) is 0 Å². The van der Waals surface area contributed by atoms with Crippen LogP contribution >= 0.6 is 0 Å². The standard InChI is InChI=1S/C55H40N2/c1-55(2)50-22-10-9-19-48(50)49-21-12-20-47(53(49)55)42-29-23-41(24-30-42)45-17-11-18-46(35-45)54-56-51(43-31-25-39(26-32-43)37-13-5-3-6-14-37)36-52(57-54)44-33-27-40(28-34-44)38-15-7-4-8-16-38/h3-36H,1-2H3. The number of hydrogen-bond donors (Lipinski definition) is 0. The summed E-state index contributed by atoms with van der Waals surface area (Å²) in [4.78, 5) is 10.4. The number of fused-ring (bicyclic) bond motifs is 3. The average molecular weight is 729 g/mol. The normalized spacial score (nSPS) is 12.5. The van der Waals surface area contributed by atoms with Gasteiger partial charge < -0.3 is 0 Å². The molecule has 0 saturated carbocycles. The molecule has 0 aliphatic heterocycles. The molecule has 0 spiro atoms. The molecule has 0 atom stereocenters. The predicted octanol–water partition coefficient (Wildman–Crippen LogP) is 14.5. The van der Waals surface area contributed by atoms with Crippen LogP contribution in [0, 0.1) is 0 Å². The smallest absolute Gasteiger partial charge is 0.160 e. The van der Waals surface area contributed by atoms with Crippen molar-refractivity contribution in [1.82, 2.24) is 9.97 Å². The highest BCUT2D eigenvalue weighted by Crippen LogP contribution is 2.52. The van der Waals surface area contributed by atoms with Gasteiger partial charge in [0.05, 0.1) is 11.4 Å². The Balaban J connectivity index is 1.01. The van der Waals surface area contributed by atoms with Gasteiger partial charge in [-0.05, 0) is 78.9 Å². The highest BCUT2D eigenvalue weighted by Gasteiger charge is 2.37. The van der Waals surface area contributed by atoms with Gasteiger partial charge in [-0.25, -0.2) is 9.97 Å². The van der Waals surface area contributed by atoms with Gasteiger partial charge in [-0.1, -0.05) is 208 Å². The lowest BCUT2D eigenvalue weighted by molar-refractivity contribution is 0.662. The summed E-state index contributed by atoms with van der Waals surface area (Å²) in [6, 6.07) is 73.7. The molecule has 10 rings (SSSR count). The summed E-state index contributed by atoms with van der Waals surface area (Å²) < 4.78 is 0. The van der Waals surface area contributed by atoms with Crippen LogP contribution in [0.1, 0.15) is 25.0 Å². The van der Waals surface area contributed by atoms with Crippen molar-refractivity contribution < 1.29 is 0 Å².